The van der Waals surface area contributed by atoms with Crippen LogP contribution in [0.1, 0.15) is 19.7 Å². The van der Waals surface area contributed by atoms with Crippen molar-refractivity contribution in [2.45, 2.75) is 20.8 Å². The van der Waals surface area contributed by atoms with Crippen LogP contribution in [0.25, 0.3) is 11.1 Å². The molecule has 1 aromatic carbocycles. The van der Waals surface area contributed by atoms with Gasteiger partial charge < -0.3 is 9.73 Å². The average Bonchev–Trinajstić information content (AvgIpc) is 2.55. The number of hydrogen-bond donors (Lipinski definition) is 1. The lowest BCUT2D eigenvalue weighted by molar-refractivity contribution is -0.111. The number of allylic oxidation sites excluding steroid dienone is 1. The molecule has 1 aromatic heterocycles. The van der Waals surface area contributed by atoms with Crippen molar-refractivity contribution in [3.8, 4) is 0 Å². The zero-order chi connectivity index (χ0) is 12.4. The summed E-state index contributed by atoms with van der Waals surface area (Å²) in [4.78, 5) is 15.7. The van der Waals surface area contributed by atoms with Gasteiger partial charge in [-0.3, -0.25) is 4.79 Å². The summed E-state index contributed by atoms with van der Waals surface area (Å²) in [5, 5.41) is 2.78. The number of nitrogens with zero attached hydrogens (tertiary/aromatic N) is 1. The van der Waals surface area contributed by atoms with Gasteiger partial charge in [0.1, 0.15) is 5.52 Å². The molecule has 2 rings (SSSR count). The standard InChI is InChI=1S/C13H14N2O2/c1-8(2)6-13(16)15-10-4-5-12-11(7-10)14-9(3)17-12/h4-7H,1-3H3,(H,15,16). The molecule has 88 valence electrons. The van der Waals surface area contributed by atoms with Crippen LogP contribution < -0.4 is 5.32 Å². The van der Waals surface area contributed by atoms with Gasteiger partial charge in [0.2, 0.25) is 5.91 Å². The maximum Gasteiger partial charge on any atom is 0.248 e. The predicted octanol–water partition coefficient (Wildman–Crippen LogP) is 3.04. The van der Waals surface area contributed by atoms with E-state index in [9.17, 15) is 4.79 Å². The van der Waals surface area contributed by atoms with Crippen molar-refractivity contribution in [1.82, 2.24) is 4.98 Å². The number of aromatic nitrogens is 1. The van der Waals surface area contributed by atoms with Gasteiger partial charge in [0.25, 0.3) is 0 Å². The molecule has 0 radical (unpaired) electrons. The summed E-state index contributed by atoms with van der Waals surface area (Å²) in [5.74, 6) is 0.484. The summed E-state index contributed by atoms with van der Waals surface area (Å²) < 4.78 is 5.36. The van der Waals surface area contributed by atoms with Gasteiger partial charge in [0.05, 0.1) is 0 Å². The Morgan fingerprint density at radius 2 is 2.18 bits per heavy atom. The molecule has 2 aromatic rings. The quantitative estimate of drug-likeness (QED) is 0.807. The Hall–Kier alpha value is -2.10. The van der Waals surface area contributed by atoms with E-state index < -0.39 is 0 Å². The molecule has 0 saturated carbocycles. The summed E-state index contributed by atoms with van der Waals surface area (Å²) >= 11 is 0. The minimum atomic E-state index is -0.135. The fourth-order valence-corrected chi connectivity index (χ4v) is 1.56. The van der Waals surface area contributed by atoms with E-state index in [2.05, 4.69) is 10.3 Å². The Morgan fingerprint density at radius 3 is 2.88 bits per heavy atom. The molecule has 0 spiro atoms. The van der Waals surface area contributed by atoms with Crippen molar-refractivity contribution in [3.63, 3.8) is 0 Å². The number of amides is 1. The Kier molecular flexibility index (Phi) is 2.95. The zero-order valence-corrected chi connectivity index (χ0v) is 10.1. The highest BCUT2D eigenvalue weighted by Crippen LogP contribution is 2.19. The highest BCUT2D eigenvalue weighted by molar-refractivity contribution is 6.00. The highest BCUT2D eigenvalue weighted by atomic mass is 16.3. The Labute approximate surface area is 99.3 Å². The maximum atomic E-state index is 11.5. The van der Waals surface area contributed by atoms with Crippen LogP contribution in [0.2, 0.25) is 0 Å². The van der Waals surface area contributed by atoms with Crippen molar-refractivity contribution in [2.24, 2.45) is 0 Å². The Balaban J connectivity index is 2.25. The number of oxazole rings is 1. The number of aryl methyl sites for hydroxylation is 1. The predicted molar refractivity (Wildman–Crippen MR) is 66.8 cm³/mol. The van der Waals surface area contributed by atoms with Crippen molar-refractivity contribution >= 4 is 22.7 Å². The number of carbonyl (C=O) groups excluding carboxylic acids is 1. The molecule has 0 aliphatic carbocycles. The third-order valence-corrected chi connectivity index (χ3v) is 2.18. The number of nitrogens with one attached hydrogen (secondary N) is 1. The lowest BCUT2D eigenvalue weighted by atomic mass is 10.2. The van der Waals surface area contributed by atoms with Gasteiger partial charge >= 0.3 is 0 Å². The molecule has 1 N–H and O–H groups in total. The van der Waals surface area contributed by atoms with E-state index in [-0.39, 0.29) is 5.91 Å². The zero-order valence-electron chi connectivity index (χ0n) is 10.1. The summed E-state index contributed by atoms with van der Waals surface area (Å²) in [6.07, 6.45) is 1.55. The monoisotopic (exact) mass is 230 g/mol. The molecule has 0 unspecified atom stereocenters. The van der Waals surface area contributed by atoms with Crippen molar-refractivity contribution in [1.29, 1.82) is 0 Å². The molecule has 0 bridgehead atoms. The Bertz CT molecular complexity index is 592. The molecule has 4 heteroatoms. The topological polar surface area (TPSA) is 55.1 Å². The normalized spacial score (nSPS) is 10.3. The first kappa shape index (κ1) is 11.4. The number of carbonyl (C=O) groups is 1. The largest absolute Gasteiger partial charge is 0.441 e. The van der Waals surface area contributed by atoms with E-state index in [1.165, 1.54) is 0 Å². The SMILES string of the molecule is CC(C)=CC(=O)Nc1ccc2oc(C)nc2c1. The van der Waals surface area contributed by atoms with Gasteiger partial charge in [-0.1, -0.05) is 5.57 Å². The van der Waals surface area contributed by atoms with E-state index in [0.717, 1.165) is 16.7 Å². The average molecular weight is 230 g/mol. The fraction of sp³-hybridized carbons (Fsp3) is 0.231. The van der Waals surface area contributed by atoms with Crippen LogP contribution in [-0.2, 0) is 4.79 Å². The van der Waals surface area contributed by atoms with Crippen LogP contribution in [0.15, 0.2) is 34.3 Å². The molecule has 0 saturated heterocycles. The number of benzene rings is 1. The summed E-state index contributed by atoms with van der Waals surface area (Å²) in [6, 6.07) is 5.39. The molecule has 0 fully saturated rings. The van der Waals surface area contributed by atoms with Crippen LogP contribution in [-0.4, -0.2) is 10.9 Å². The van der Waals surface area contributed by atoms with E-state index in [0.29, 0.717) is 11.6 Å². The lowest BCUT2D eigenvalue weighted by Gasteiger charge is -2.01. The van der Waals surface area contributed by atoms with E-state index in [4.69, 9.17) is 4.42 Å². The number of anilines is 1. The highest BCUT2D eigenvalue weighted by Gasteiger charge is 2.04. The minimum absolute atomic E-state index is 0.135. The molecule has 0 atom stereocenters. The van der Waals surface area contributed by atoms with Gasteiger partial charge in [-0.2, -0.15) is 0 Å². The third-order valence-electron chi connectivity index (χ3n) is 2.18. The van der Waals surface area contributed by atoms with Gasteiger partial charge in [-0.05, 0) is 32.0 Å². The number of hydrogen-bond acceptors (Lipinski definition) is 3. The second-order valence-corrected chi connectivity index (χ2v) is 4.13. The summed E-state index contributed by atoms with van der Waals surface area (Å²) in [5.41, 5.74) is 3.15. The van der Waals surface area contributed by atoms with Crippen LogP contribution in [0.4, 0.5) is 5.69 Å². The van der Waals surface area contributed by atoms with Crippen molar-refractivity contribution in [3.05, 3.63) is 35.7 Å². The Morgan fingerprint density at radius 1 is 1.41 bits per heavy atom. The first-order valence-electron chi connectivity index (χ1n) is 5.37. The third kappa shape index (κ3) is 2.72. The number of rotatable bonds is 2. The second kappa shape index (κ2) is 4.41. The maximum absolute atomic E-state index is 11.5. The summed E-state index contributed by atoms with van der Waals surface area (Å²) in [7, 11) is 0. The molecule has 4 nitrogen and oxygen atoms in total. The molecule has 0 aliphatic rings. The number of fused-ring (bicyclic) bond motifs is 1. The van der Waals surface area contributed by atoms with E-state index >= 15 is 0 Å². The summed E-state index contributed by atoms with van der Waals surface area (Å²) in [6.45, 7) is 5.55. The van der Waals surface area contributed by atoms with Crippen LogP contribution in [0.3, 0.4) is 0 Å². The molecular weight excluding hydrogens is 216 g/mol. The molecule has 17 heavy (non-hydrogen) atoms. The molecule has 0 aliphatic heterocycles. The van der Waals surface area contributed by atoms with Crippen LogP contribution in [0.5, 0.6) is 0 Å². The van der Waals surface area contributed by atoms with Crippen molar-refractivity contribution in [2.75, 3.05) is 5.32 Å². The van der Waals surface area contributed by atoms with Gasteiger partial charge in [-0.25, -0.2) is 4.98 Å². The first-order chi connectivity index (χ1) is 8.04. The van der Waals surface area contributed by atoms with Crippen molar-refractivity contribution < 1.29 is 9.21 Å². The first-order valence-corrected chi connectivity index (χ1v) is 5.37. The fourth-order valence-electron chi connectivity index (χ4n) is 1.56. The van der Waals surface area contributed by atoms with Gasteiger partial charge in [0, 0.05) is 18.7 Å². The van der Waals surface area contributed by atoms with Gasteiger partial charge in [-0.15, -0.1) is 0 Å². The van der Waals surface area contributed by atoms with Gasteiger partial charge in [0.15, 0.2) is 11.5 Å². The smallest absolute Gasteiger partial charge is 0.248 e. The minimum Gasteiger partial charge on any atom is -0.441 e. The second-order valence-electron chi connectivity index (χ2n) is 4.13. The van der Waals surface area contributed by atoms with Crippen LogP contribution >= 0.6 is 0 Å². The molecule has 1 heterocycles. The molecule has 1 amide bonds. The molecular formula is C13H14N2O2. The lowest BCUT2D eigenvalue weighted by Crippen LogP contribution is -2.08. The van der Waals surface area contributed by atoms with E-state index in [1.54, 1.807) is 31.2 Å². The van der Waals surface area contributed by atoms with Crippen LogP contribution in [0, 0.1) is 6.92 Å². The van der Waals surface area contributed by atoms with E-state index in [1.807, 2.05) is 13.8 Å².